The molecular formula is C16H15ClN6O2. The number of rotatable bonds is 4. The molecule has 3 rings (SSSR count). The third kappa shape index (κ3) is 3.14. The number of hydrogen-bond donors (Lipinski definition) is 1. The molecule has 0 aliphatic carbocycles. The van der Waals surface area contributed by atoms with Crippen molar-refractivity contribution in [3.05, 3.63) is 51.8 Å². The first kappa shape index (κ1) is 16.8. The van der Waals surface area contributed by atoms with E-state index >= 15 is 0 Å². The summed E-state index contributed by atoms with van der Waals surface area (Å²) in [5, 5.41) is 20.6. The summed E-state index contributed by atoms with van der Waals surface area (Å²) in [7, 11) is 1.64. The third-order valence-corrected chi connectivity index (χ3v) is 4.32. The molecule has 0 radical (unpaired) electrons. The molecular weight excluding hydrogens is 344 g/mol. The van der Waals surface area contributed by atoms with Gasteiger partial charge < -0.3 is 9.73 Å². The maximum atomic E-state index is 12.3. The van der Waals surface area contributed by atoms with Crippen molar-refractivity contribution in [1.29, 1.82) is 5.26 Å². The Morgan fingerprint density at radius 1 is 1.44 bits per heavy atom. The number of hydrogen-bond acceptors (Lipinski definition) is 5. The van der Waals surface area contributed by atoms with Crippen LogP contribution in [0.1, 0.15) is 33.3 Å². The van der Waals surface area contributed by atoms with Crippen LogP contribution in [0.15, 0.2) is 22.7 Å². The minimum absolute atomic E-state index is 0.132. The van der Waals surface area contributed by atoms with E-state index in [0.717, 1.165) is 11.4 Å². The fraction of sp³-hybridized carbons (Fsp3) is 0.250. The van der Waals surface area contributed by atoms with Gasteiger partial charge in [-0.15, -0.1) is 0 Å². The molecule has 0 saturated heterocycles. The first-order chi connectivity index (χ1) is 11.9. The predicted molar refractivity (Wildman–Crippen MR) is 90.4 cm³/mol. The molecule has 0 fully saturated rings. The number of amides is 1. The minimum Gasteiger partial charge on any atom is -0.454 e. The van der Waals surface area contributed by atoms with E-state index < -0.39 is 5.91 Å². The van der Waals surface area contributed by atoms with Crippen LogP contribution in [0.2, 0.25) is 5.02 Å². The van der Waals surface area contributed by atoms with Crippen LogP contribution in [0.3, 0.4) is 0 Å². The van der Waals surface area contributed by atoms with Crippen LogP contribution in [0.4, 0.5) is 5.82 Å². The molecule has 9 heteroatoms. The van der Waals surface area contributed by atoms with Crippen molar-refractivity contribution < 1.29 is 9.21 Å². The highest BCUT2D eigenvalue weighted by atomic mass is 35.5. The van der Waals surface area contributed by atoms with E-state index in [0.29, 0.717) is 23.1 Å². The fourth-order valence-corrected chi connectivity index (χ4v) is 2.53. The fourth-order valence-electron chi connectivity index (χ4n) is 2.40. The predicted octanol–water partition coefficient (Wildman–Crippen LogP) is 2.65. The molecule has 0 aliphatic heterocycles. The van der Waals surface area contributed by atoms with Gasteiger partial charge in [-0.05, 0) is 26.0 Å². The molecule has 0 unspecified atom stereocenters. The number of aromatic nitrogens is 4. The maximum Gasteiger partial charge on any atom is 0.292 e. The molecule has 0 bridgehead atoms. The summed E-state index contributed by atoms with van der Waals surface area (Å²) < 4.78 is 8.72. The van der Waals surface area contributed by atoms with E-state index in [9.17, 15) is 4.79 Å². The molecule has 3 aromatic heterocycles. The van der Waals surface area contributed by atoms with Crippen molar-refractivity contribution in [2.75, 3.05) is 5.32 Å². The Balaban J connectivity index is 1.77. The van der Waals surface area contributed by atoms with Crippen molar-refractivity contribution in [1.82, 2.24) is 19.6 Å². The number of furan rings is 1. The zero-order valence-corrected chi connectivity index (χ0v) is 14.6. The maximum absolute atomic E-state index is 12.3. The van der Waals surface area contributed by atoms with Gasteiger partial charge in [-0.1, -0.05) is 11.6 Å². The van der Waals surface area contributed by atoms with E-state index in [1.54, 1.807) is 23.9 Å². The number of anilines is 1. The van der Waals surface area contributed by atoms with Crippen LogP contribution in [0.5, 0.6) is 0 Å². The van der Waals surface area contributed by atoms with Gasteiger partial charge >= 0.3 is 0 Å². The van der Waals surface area contributed by atoms with Gasteiger partial charge in [0, 0.05) is 7.05 Å². The van der Waals surface area contributed by atoms with Crippen LogP contribution in [0.25, 0.3) is 0 Å². The second-order valence-electron chi connectivity index (χ2n) is 5.50. The second kappa shape index (κ2) is 6.45. The SMILES string of the molecule is Cc1nn(Cc2ccc(C(=O)Nc3c(C#N)cnn3C)o2)c(C)c1Cl. The highest BCUT2D eigenvalue weighted by Gasteiger charge is 2.17. The van der Waals surface area contributed by atoms with Crippen LogP contribution >= 0.6 is 11.6 Å². The van der Waals surface area contributed by atoms with E-state index in [1.165, 1.54) is 10.9 Å². The molecule has 25 heavy (non-hydrogen) atoms. The smallest absolute Gasteiger partial charge is 0.292 e. The van der Waals surface area contributed by atoms with Gasteiger partial charge in [0.15, 0.2) is 5.76 Å². The minimum atomic E-state index is -0.460. The molecule has 8 nitrogen and oxygen atoms in total. The standard InChI is InChI=1S/C16H15ClN6O2/c1-9-14(17)10(2)23(21-9)8-12-4-5-13(25-12)16(24)20-15-11(6-18)7-19-22(15)3/h4-5,7H,8H2,1-3H3,(H,20,24). The second-order valence-corrected chi connectivity index (χ2v) is 5.88. The largest absolute Gasteiger partial charge is 0.454 e. The van der Waals surface area contributed by atoms with Gasteiger partial charge in [0.25, 0.3) is 5.91 Å². The first-order valence-corrected chi connectivity index (χ1v) is 7.80. The molecule has 3 heterocycles. The number of nitriles is 1. The molecule has 3 aromatic rings. The van der Waals surface area contributed by atoms with Crippen LogP contribution in [-0.4, -0.2) is 25.5 Å². The van der Waals surface area contributed by atoms with E-state index in [2.05, 4.69) is 15.5 Å². The summed E-state index contributed by atoms with van der Waals surface area (Å²) in [5.41, 5.74) is 1.85. The zero-order chi connectivity index (χ0) is 18.1. The quantitative estimate of drug-likeness (QED) is 0.772. The summed E-state index contributed by atoms with van der Waals surface area (Å²) in [6.07, 6.45) is 1.38. The van der Waals surface area contributed by atoms with Crippen molar-refractivity contribution in [2.45, 2.75) is 20.4 Å². The highest BCUT2D eigenvalue weighted by molar-refractivity contribution is 6.31. The van der Waals surface area contributed by atoms with E-state index in [4.69, 9.17) is 21.3 Å². The van der Waals surface area contributed by atoms with Gasteiger partial charge in [-0.25, -0.2) is 0 Å². The molecule has 0 saturated carbocycles. The average molecular weight is 359 g/mol. The Morgan fingerprint density at radius 3 is 2.84 bits per heavy atom. The topological polar surface area (TPSA) is 102 Å². The van der Waals surface area contributed by atoms with Gasteiger partial charge in [0.1, 0.15) is 23.2 Å². The molecule has 0 atom stereocenters. The molecule has 0 spiro atoms. The van der Waals surface area contributed by atoms with Crippen molar-refractivity contribution >= 4 is 23.3 Å². The Labute approximate surface area is 148 Å². The number of nitrogens with zero attached hydrogens (tertiary/aromatic N) is 5. The lowest BCUT2D eigenvalue weighted by atomic mass is 10.3. The van der Waals surface area contributed by atoms with Gasteiger partial charge in [0.2, 0.25) is 0 Å². The Hall–Kier alpha value is -3.05. The summed E-state index contributed by atoms with van der Waals surface area (Å²) in [4.78, 5) is 12.3. The Bertz CT molecular complexity index is 991. The van der Waals surface area contributed by atoms with E-state index in [-0.39, 0.29) is 11.3 Å². The van der Waals surface area contributed by atoms with Crippen molar-refractivity contribution in [3.8, 4) is 6.07 Å². The molecule has 0 aliphatic rings. The first-order valence-electron chi connectivity index (χ1n) is 7.42. The highest BCUT2D eigenvalue weighted by Crippen LogP contribution is 2.21. The van der Waals surface area contributed by atoms with Crippen LogP contribution in [-0.2, 0) is 13.6 Å². The normalized spacial score (nSPS) is 10.7. The van der Waals surface area contributed by atoms with Crippen molar-refractivity contribution in [2.24, 2.45) is 7.05 Å². The van der Waals surface area contributed by atoms with Crippen LogP contribution < -0.4 is 5.32 Å². The summed E-state index contributed by atoms with van der Waals surface area (Å²) in [6.45, 7) is 4.06. The lowest BCUT2D eigenvalue weighted by Gasteiger charge is -2.04. The number of halogens is 1. The van der Waals surface area contributed by atoms with Gasteiger partial charge in [-0.2, -0.15) is 15.5 Å². The lowest BCUT2D eigenvalue weighted by molar-refractivity contribution is 0.0993. The average Bonchev–Trinajstić information content (AvgIpc) is 3.25. The number of aryl methyl sites for hydroxylation is 2. The zero-order valence-electron chi connectivity index (χ0n) is 13.9. The number of carbonyl (C=O) groups excluding carboxylic acids is 1. The molecule has 1 N–H and O–H groups in total. The van der Waals surface area contributed by atoms with Gasteiger partial charge in [0.05, 0.1) is 29.2 Å². The number of carbonyl (C=O) groups is 1. The van der Waals surface area contributed by atoms with Gasteiger partial charge in [-0.3, -0.25) is 14.2 Å². The third-order valence-electron chi connectivity index (χ3n) is 3.78. The Morgan fingerprint density at radius 2 is 2.20 bits per heavy atom. The van der Waals surface area contributed by atoms with Crippen molar-refractivity contribution in [3.63, 3.8) is 0 Å². The molecule has 1 amide bonds. The summed E-state index contributed by atoms with van der Waals surface area (Å²) in [5.74, 6) is 0.555. The molecule has 128 valence electrons. The summed E-state index contributed by atoms with van der Waals surface area (Å²) >= 11 is 6.13. The molecule has 0 aromatic carbocycles. The van der Waals surface area contributed by atoms with E-state index in [1.807, 2.05) is 19.9 Å². The summed E-state index contributed by atoms with van der Waals surface area (Å²) in [6, 6.07) is 5.24. The monoisotopic (exact) mass is 358 g/mol. The lowest BCUT2D eigenvalue weighted by Crippen LogP contribution is -2.14. The number of nitrogens with one attached hydrogen (secondary N) is 1. The Kier molecular flexibility index (Phi) is 4.33. The van der Waals surface area contributed by atoms with Crippen LogP contribution in [0, 0.1) is 25.2 Å².